The molecule has 0 fully saturated rings. The monoisotopic (exact) mass is 337 g/mol. The minimum absolute atomic E-state index is 0.00921. The average molecular weight is 337 g/mol. The summed E-state index contributed by atoms with van der Waals surface area (Å²) in [6.45, 7) is 0. The summed E-state index contributed by atoms with van der Waals surface area (Å²) in [6.07, 6.45) is -0.479. The Morgan fingerprint density at radius 1 is 1.17 bits per heavy atom. The number of carbonyl (C=O) groups excluding carboxylic acids is 1. The van der Waals surface area contributed by atoms with Crippen LogP contribution in [-0.4, -0.2) is 15.9 Å². The molecule has 1 amide bonds. The van der Waals surface area contributed by atoms with Crippen molar-refractivity contribution in [1.82, 2.24) is 9.97 Å². The summed E-state index contributed by atoms with van der Waals surface area (Å²) in [5.41, 5.74) is 0.702. The number of amides is 1. The van der Waals surface area contributed by atoms with Crippen molar-refractivity contribution >= 4 is 33.1 Å². The maximum atomic E-state index is 12.5. The SMILES string of the molecule is O=C(Cc1cncc2ccccc12)Nc1ncc(C(F)(F)F)s1. The first-order valence-electron chi connectivity index (χ1n) is 6.58. The normalized spacial score (nSPS) is 11.6. The molecule has 0 aliphatic heterocycles. The molecule has 0 unspecified atom stereocenters. The third-order valence-electron chi connectivity index (χ3n) is 3.13. The second kappa shape index (κ2) is 5.96. The smallest absolute Gasteiger partial charge is 0.302 e. The van der Waals surface area contributed by atoms with E-state index in [1.54, 1.807) is 12.4 Å². The van der Waals surface area contributed by atoms with Crippen molar-refractivity contribution in [3.8, 4) is 0 Å². The predicted molar refractivity (Wildman–Crippen MR) is 81.2 cm³/mol. The Hall–Kier alpha value is -2.48. The van der Waals surface area contributed by atoms with E-state index in [-0.39, 0.29) is 11.6 Å². The summed E-state index contributed by atoms with van der Waals surface area (Å²) in [5, 5.41) is 4.09. The molecule has 0 spiro atoms. The van der Waals surface area contributed by atoms with E-state index in [0.717, 1.165) is 10.8 Å². The summed E-state index contributed by atoms with van der Waals surface area (Å²) >= 11 is 0.399. The van der Waals surface area contributed by atoms with Gasteiger partial charge >= 0.3 is 6.18 Å². The first kappa shape index (κ1) is 15.4. The number of anilines is 1. The summed E-state index contributed by atoms with van der Waals surface area (Å²) in [6, 6.07) is 7.45. The number of hydrogen-bond donors (Lipinski definition) is 1. The maximum absolute atomic E-state index is 12.5. The van der Waals surface area contributed by atoms with E-state index >= 15 is 0 Å². The van der Waals surface area contributed by atoms with E-state index < -0.39 is 17.0 Å². The molecule has 23 heavy (non-hydrogen) atoms. The van der Waals surface area contributed by atoms with Crippen molar-refractivity contribution in [1.29, 1.82) is 0 Å². The van der Waals surface area contributed by atoms with Crippen molar-refractivity contribution < 1.29 is 18.0 Å². The van der Waals surface area contributed by atoms with E-state index in [2.05, 4.69) is 15.3 Å². The second-order valence-corrected chi connectivity index (χ2v) is 5.80. The van der Waals surface area contributed by atoms with Gasteiger partial charge in [0.05, 0.1) is 12.6 Å². The lowest BCUT2D eigenvalue weighted by atomic mass is 10.1. The highest BCUT2D eigenvalue weighted by Crippen LogP contribution is 2.35. The lowest BCUT2D eigenvalue weighted by Gasteiger charge is -2.05. The molecule has 0 radical (unpaired) electrons. The third-order valence-corrected chi connectivity index (χ3v) is 4.09. The average Bonchev–Trinajstić information content (AvgIpc) is 2.96. The molecule has 8 heteroatoms. The molecule has 1 N–H and O–H groups in total. The number of alkyl halides is 3. The van der Waals surface area contributed by atoms with Crippen LogP contribution in [0.1, 0.15) is 10.4 Å². The zero-order valence-electron chi connectivity index (χ0n) is 11.6. The van der Waals surface area contributed by atoms with Gasteiger partial charge in [-0.05, 0) is 10.9 Å². The van der Waals surface area contributed by atoms with Crippen LogP contribution in [0.5, 0.6) is 0 Å². The van der Waals surface area contributed by atoms with Crippen LogP contribution in [0.3, 0.4) is 0 Å². The minimum Gasteiger partial charge on any atom is -0.302 e. The number of hydrogen-bond acceptors (Lipinski definition) is 4. The number of halogens is 3. The van der Waals surface area contributed by atoms with Crippen molar-refractivity contribution in [3.05, 3.63) is 53.3 Å². The molecule has 4 nitrogen and oxygen atoms in total. The van der Waals surface area contributed by atoms with E-state index in [4.69, 9.17) is 0 Å². The molecular formula is C15H10F3N3OS. The van der Waals surface area contributed by atoms with Crippen molar-refractivity contribution in [2.24, 2.45) is 0 Å². The molecule has 0 aliphatic carbocycles. The molecule has 3 rings (SSSR count). The molecule has 0 saturated carbocycles. The van der Waals surface area contributed by atoms with Gasteiger partial charge in [-0.3, -0.25) is 9.78 Å². The van der Waals surface area contributed by atoms with E-state index in [1.807, 2.05) is 24.3 Å². The van der Waals surface area contributed by atoms with Gasteiger partial charge in [0.1, 0.15) is 4.88 Å². The van der Waals surface area contributed by atoms with Crippen molar-refractivity contribution in [3.63, 3.8) is 0 Å². The van der Waals surface area contributed by atoms with E-state index in [9.17, 15) is 18.0 Å². The van der Waals surface area contributed by atoms with Crippen LogP contribution in [0.4, 0.5) is 18.3 Å². The largest absolute Gasteiger partial charge is 0.427 e. The molecule has 0 bridgehead atoms. The van der Waals surface area contributed by atoms with E-state index in [0.29, 0.717) is 23.1 Å². The summed E-state index contributed by atoms with van der Waals surface area (Å²) < 4.78 is 37.5. The molecule has 3 aromatic rings. The van der Waals surface area contributed by atoms with Gasteiger partial charge in [0.15, 0.2) is 5.13 Å². The molecular weight excluding hydrogens is 327 g/mol. The van der Waals surface area contributed by atoms with E-state index in [1.165, 1.54) is 0 Å². The van der Waals surface area contributed by atoms with Crippen LogP contribution in [-0.2, 0) is 17.4 Å². The summed E-state index contributed by atoms with van der Waals surface area (Å²) in [7, 11) is 0. The van der Waals surface area contributed by atoms with Crippen molar-refractivity contribution in [2.45, 2.75) is 12.6 Å². The van der Waals surface area contributed by atoms with Gasteiger partial charge in [0.2, 0.25) is 5.91 Å². The highest BCUT2D eigenvalue weighted by Gasteiger charge is 2.33. The number of fused-ring (bicyclic) bond motifs is 1. The molecule has 2 aromatic heterocycles. The van der Waals surface area contributed by atoms with Gasteiger partial charge in [-0.1, -0.05) is 35.6 Å². The van der Waals surface area contributed by atoms with Gasteiger partial charge in [0.25, 0.3) is 0 Å². The molecule has 0 saturated heterocycles. The Bertz CT molecular complexity index is 855. The fourth-order valence-electron chi connectivity index (χ4n) is 2.12. The number of aromatic nitrogens is 2. The van der Waals surface area contributed by atoms with Crippen LogP contribution < -0.4 is 5.32 Å². The number of rotatable bonds is 3. The highest BCUT2D eigenvalue weighted by atomic mass is 32.1. The number of benzene rings is 1. The maximum Gasteiger partial charge on any atom is 0.427 e. The fourth-order valence-corrected chi connectivity index (χ4v) is 2.82. The van der Waals surface area contributed by atoms with Gasteiger partial charge in [0, 0.05) is 17.8 Å². The molecule has 1 aromatic carbocycles. The number of thiazole rings is 1. The predicted octanol–water partition coefficient (Wildman–Crippen LogP) is 3.89. The number of nitrogens with zero attached hydrogens (tertiary/aromatic N) is 2. The first-order chi connectivity index (χ1) is 10.9. The van der Waals surface area contributed by atoms with Crippen LogP contribution >= 0.6 is 11.3 Å². The van der Waals surface area contributed by atoms with Gasteiger partial charge in [-0.15, -0.1) is 0 Å². The quantitative estimate of drug-likeness (QED) is 0.789. The Morgan fingerprint density at radius 3 is 2.70 bits per heavy atom. The molecule has 2 heterocycles. The van der Waals surface area contributed by atoms with Gasteiger partial charge < -0.3 is 5.32 Å². The lowest BCUT2D eigenvalue weighted by Crippen LogP contribution is -2.14. The fraction of sp³-hybridized carbons (Fsp3) is 0.133. The zero-order chi connectivity index (χ0) is 16.4. The standard InChI is InChI=1S/C15H10F3N3OS/c16-15(17,18)12-8-20-14(23-12)21-13(22)5-10-7-19-6-9-3-1-2-4-11(9)10/h1-4,6-8H,5H2,(H,20,21,22). The Labute approximate surface area is 133 Å². The minimum atomic E-state index is -4.46. The topological polar surface area (TPSA) is 54.9 Å². The Morgan fingerprint density at radius 2 is 1.96 bits per heavy atom. The summed E-state index contributed by atoms with van der Waals surface area (Å²) in [4.78, 5) is 18.8. The molecule has 0 aliphatic rings. The highest BCUT2D eigenvalue weighted by molar-refractivity contribution is 7.15. The van der Waals surface area contributed by atoms with Crippen LogP contribution in [0.15, 0.2) is 42.9 Å². The number of carbonyl (C=O) groups is 1. The Kier molecular flexibility index (Phi) is 3.99. The van der Waals surface area contributed by atoms with Crippen LogP contribution in [0.25, 0.3) is 10.8 Å². The number of pyridine rings is 1. The second-order valence-electron chi connectivity index (χ2n) is 4.77. The Balaban J connectivity index is 1.75. The van der Waals surface area contributed by atoms with Gasteiger partial charge in [-0.25, -0.2) is 4.98 Å². The zero-order valence-corrected chi connectivity index (χ0v) is 12.4. The molecule has 0 atom stereocenters. The number of nitrogens with one attached hydrogen (secondary N) is 1. The molecule has 118 valence electrons. The van der Waals surface area contributed by atoms with Crippen LogP contribution in [0.2, 0.25) is 0 Å². The lowest BCUT2D eigenvalue weighted by molar-refractivity contribution is -0.134. The van der Waals surface area contributed by atoms with Gasteiger partial charge in [-0.2, -0.15) is 13.2 Å². The van der Waals surface area contributed by atoms with Crippen LogP contribution in [0, 0.1) is 0 Å². The third kappa shape index (κ3) is 3.48. The van der Waals surface area contributed by atoms with Crippen molar-refractivity contribution in [2.75, 3.05) is 5.32 Å². The first-order valence-corrected chi connectivity index (χ1v) is 7.39. The summed E-state index contributed by atoms with van der Waals surface area (Å²) in [5.74, 6) is -0.439.